The fourth-order valence-corrected chi connectivity index (χ4v) is 2.69. The Bertz CT molecular complexity index is 824. The zero-order valence-corrected chi connectivity index (χ0v) is 16.4. The molecule has 0 aromatic heterocycles. The molecule has 0 unspecified atom stereocenters. The lowest BCUT2D eigenvalue weighted by Crippen LogP contribution is -2.21. The molecule has 0 aliphatic rings. The highest BCUT2D eigenvalue weighted by atomic mass is 35.5. The third kappa shape index (κ3) is 5.14. The van der Waals surface area contributed by atoms with Gasteiger partial charge >= 0.3 is 0 Å². The number of para-hydroxylation sites is 1. The van der Waals surface area contributed by atoms with Crippen LogP contribution in [0.2, 0.25) is 5.02 Å². The first-order valence-corrected chi connectivity index (χ1v) is 9.11. The first-order chi connectivity index (χ1) is 13.0. The van der Waals surface area contributed by atoms with Gasteiger partial charge in [0.2, 0.25) is 0 Å². The topological polar surface area (TPSA) is 76.7 Å². The van der Waals surface area contributed by atoms with Crippen LogP contribution in [0.1, 0.15) is 41.0 Å². The summed E-state index contributed by atoms with van der Waals surface area (Å²) in [5.41, 5.74) is 1.08. The van der Waals surface area contributed by atoms with Crippen molar-refractivity contribution in [3.8, 4) is 11.5 Å². The Balaban J connectivity index is 2.33. The van der Waals surface area contributed by atoms with Gasteiger partial charge in [-0.1, -0.05) is 30.7 Å². The zero-order chi connectivity index (χ0) is 19.8. The molecule has 0 saturated heterocycles. The van der Waals surface area contributed by atoms with Gasteiger partial charge in [0.1, 0.15) is 0 Å². The van der Waals surface area contributed by atoms with Gasteiger partial charge < -0.3 is 20.1 Å². The summed E-state index contributed by atoms with van der Waals surface area (Å²) in [5, 5.41) is 5.59. The van der Waals surface area contributed by atoms with Crippen molar-refractivity contribution < 1.29 is 19.1 Å². The second kappa shape index (κ2) is 9.83. The Labute approximate surface area is 163 Å². The van der Waals surface area contributed by atoms with E-state index in [-0.39, 0.29) is 5.91 Å². The molecular formula is C20H23ClN2O4. The highest BCUT2D eigenvalue weighted by Crippen LogP contribution is 2.37. The number of anilines is 1. The Kier molecular flexibility index (Phi) is 7.49. The maximum atomic E-state index is 12.7. The Morgan fingerprint density at radius 3 is 2.48 bits per heavy atom. The number of benzene rings is 2. The van der Waals surface area contributed by atoms with Crippen molar-refractivity contribution in [2.24, 2.45) is 0 Å². The summed E-state index contributed by atoms with van der Waals surface area (Å²) < 4.78 is 11.2. The van der Waals surface area contributed by atoms with Gasteiger partial charge in [0.25, 0.3) is 11.8 Å². The summed E-state index contributed by atoms with van der Waals surface area (Å²) >= 11 is 6.31. The van der Waals surface area contributed by atoms with Crippen LogP contribution in [-0.2, 0) is 0 Å². The number of carbonyl (C=O) groups is 2. The number of halogens is 1. The van der Waals surface area contributed by atoms with Crippen molar-refractivity contribution >= 4 is 29.1 Å². The molecule has 0 bridgehead atoms. The number of hydrogen-bond acceptors (Lipinski definition) is 4. The van der Waals surface area contributed by atoms with Gasteiger partial charge in [-0.25, -0.2) is 0 Å². The summed E-state index contributed by atoms with van der Waals surface area (Å²) in [5.74, 6) is 0.129. The maximum Gasteiger partial charge on any atom is 0.255 e. The summed E-state index contributed by atoms with van der Waals surface area (Å²) in [7, 11) is 1.53. The van der Waals surface area contributed by atoms with Gasteiger partial charge in [-0.15, -0.1) is 0 Å². The zero-order valence-electron chi connectivity index (χ0n) is 15.6. The summed E-state index contributed by atoms with van der Waals surface area (Å²) in [6.07, 6.45) is 0.820. The van der Waals surface area contributed by atoms with Gasteiger partial charge in [-0.2, -0.15) is 0 Å². The van der Waals surface area contributed by atoms with E-state index in [1.54, 1.807) is 30.3 Å². The number of hydrogen-bond donors (Lipinski definition) is 2. The first-order valence-electron chi connectivity index (χ1n) is 8.73. The molecule has 7 heteroatoms. The lowest BCUT2D eigenvalue weighted by molar-refractivity contribution is 0.0964. The molecule has 2 N–H and O–H groups in total. The van der Waals surface area contributed by atoms with E-state index < -0.39 is 5.91 Å². The SMILES string of the molecule is CCCOc1c(Cl)cc(C(=O)Nc2ccccc2C(=O)NC)cc1OCC. The van der Waals surface area contributed by atoms with Gasteiger partial charge in [-0.3, -0.25) is 9.59 Å². The Hall–Kier alpha value is -2.73. The molecule has 27 heavy (non-hydrogen) atoms. The van der Waals surface area contributed by atoms with Crippen LogP contribution in [0.5, 0.6) is 11.5 Å². The van der Waals surface area contributed by atoms with E-state index in [0.717, 1.165) is 6.42 Å². The largest absolute Gasteiger partial charge is 0.490 e. The van der Waals surface area contributed by atoms with Crippen LogP contribution < -0.4 is 20.1 Å². The number of ether oxygens (including phenoxy) is 2. The Morgan fingerprint density at radius 1 is 1.07 bits per heavy atom. The quantitative estimate of drug-likeness (QED) is 0.710. The van der Waals surface area contributed by atoms with Crippen LogP contribution in [0.4, 0.5) is 5.69 Å². The highest BCUT2D eigenvalue weighted by molar-refractivity contribution is 6.32. The molecule has 144 valence electrons. The molecule has 0 atom stereocenters. The molecule has 0 aliphatic heterocycles. The van der Waals surface area contributed by atoms with Gasteiger partial charge in [0, 0.05) is 12.6 Å². The number of nitrogens with one attached hydrogen (secondary N) is 2. The minimum absolute atomic E-state index is 0.290. The molecule has 0 spiro atoms. The smallest absolute Gasteiger partial charge is 0.255 e. The molecule has 6 nitrogen and oxygen atoms in total. The molecule has 2 amide bonds. The molecule has 2 rings (SSSR count). The van der Waals surface area contributed by atoms with Crippen molar-refractivity contribution in [1.29, 1.82) is 0 Å². The van der Waals surface area contributed by atoms with Crippen LogP contribution in [-0.4, -0.2) is 32.1 Å². The standard InChI is InChI=1S/C20H23ClN2O4/c1-4-10-27-18-15(21)11-13(12-17(18)26-5-2)19(24)23-16-9-7-6-8-14(16)20(25)22-3/h6-9,11-12H,4-5,10H2,1-3H3,(H,22,25)(H,23,24). The molecule has 0 fully saturated rings. The number of amides is 2. The fourth-order valence-electron chi connectivity index (χ4n) is 2.43. The van der Waals surface area contributed by atoms with E-state index in [4.69, 9.17) is 21.1 Å². The minimum Gasteiger partial charge on any atom is -0.490 e. The highest BCUT2D eigenvalue weighted by Gasteiger charge is 2.18. The molecule has 0 saturated carbocycles. The Morgan fingerprint density at radius 2 is 1.81 bits per heavy atom. The van der Waals surface area contributed by atoms with Crippen LogP contribution in [0.15, 0.2) is 36.4 Å². The fraction of sp³-hybridized carbons (Fsp3) is 0.300. The average molecular weight is 391 g/mol. The normalized spacial score (nSPS) is 10.2. The van der Waals surface area contributed by atoms with Crippen LogP contribution >= 0.6 is 11.6 Å². The molecule has 0 heterocycles. The second-order valence-electron chi connectivity index (χ2n) is 5.65. The molecule has 0 radical (unpaired) electrons. The van der Waals surface area contributed by atoms with Crippen LogP contribution in [0.25, 0.3) is 0 Å². The van der Waals surface area contributed by atoms with E-state index >= 15 is 0 Å². The second-order valence-corrected chi connectivity index (χ2v) is 6.05. The molecular weight excluding hydrogens is 368 g/mol. The summed E-state index contributed by atoms with van der Waals surface area (Å²) in [4.78, 5) is 24.7. The van der Waals surface area contributed by atoms with Crippen molar-refractivity contribution in [3.63, 3.8) is 0 Å². The average Bonchev–Trinajstić information content (AvgIpc) is 2.67. The molecule has 0 aliphatic carbocycles. The lowest BCUT2D eigenvalue weighted by atomic mass is 10.1. The van der Waals surface area contributed by atoms with E-state index in [1.807, 2.05) is 13.8 Å². The van der Waals surface area contributed by atoms with E-state index in [1.165, 1.54) is 13.1 Å². The van der Waals surface area contributed by atoms with Crippen molar-refractivity contribution in [2.45, 2.75) is 20.3 Å². The number of carbonyl (C=O) groups excluding carboxylic acids is 2. The summed E-state index contributed by atoms with van der Waals surface area (Å²) in [6, 6.07) is 9.86. The van der Waals surface area contributed by atoms with Crippen molar-refractivity contribution in [1.82, 2.24) is 5.32 Å². The van der Waals surface area contributed by atoms with Crippen LogP contribution in [0, 0.1) is 0 Å². The number of rotatable bonds is 8. The first kappa shape index (κ1) is 20.6. The lowest BCUT2D eigenvalue weighted by Gasteiger charge is -2.15. The molecule has 2 aromatic rings. The maximum absolute atomic E-state index is 12.7. The predicted molar refractivity (Wildman–Crippen MR) is 106 cm³/mol. The third-order valence-corrected chi connectivity index (χ3v) is 3.95. The van der Waals surface area contributed by atoms with E-state index in [0.29, 0.717) is 46.5 Å². The van der Waals surface area contributed by atoms with Gasteiger partial charge in [-0.05, 0) is 37.6 Å². The third-order valence-electron chi connectivity index (χ3n) is 3.67. The van der Waals surface area contributed by atoms with Gasteiger partial charge in [0.05, 0.1) is 29.5 Å². The molecule has 2 aromatic carbocycles. The van der Waals surface area contributed by atoms with Crippen LogP contribution in [0.3, 0.4) is 0 Å². The van der Waals surface area contributed by atoms with E-state index in [9.17, 15) is 9.59 Å². The van der Waals surface area contributed by atoms with Crippen molar-refractivity contribution in [3.05, 3.63) is 52.5 Å². The monoisotopic (exact) mass is 390 g/mol. The van der Waals surface area contributed by atoms with Gasteiger partial charge in [0.15, 0.2) is 11.5 Å². The predicted octanol–water partition coefficient (Wildman–Crippen LogP) is 4.14. The van der Waals surface area contributed by atoms with Crippen molar-refractivity contribution in [2.75, 3.05) is 25.6 Å². The van der Waals surface area contributed by atoms with E-state index in [2.05, 4.69) is 10.6 Å². The summed E-state index contributed by atoms with van der Waals surface area (Å²) in [6.45, 7) is 4.72. The minimum atomic E-state index is -0.406.